The minimum Gasteiger partial charge on any atom is -0.360 e. The van der Waals surface area contributed by atoms with Gasteiger partial charge in [0.1, 0.15) is 0 Å². The Bertz CT molecular complexity index is 980. The molecule has 126 valence electrons. The topological polar surface area (TPSA) is 62.0 Å². The molecule has 4 rings (SSSR count). The average Bonchev–Trinajstić information content (AvgIpc) is 2.86. The summed E-state index contributed by atoms with van der Waals surface area (Å²) in [6, 6.07) is 13.0. The number of hydrogen-bond donors (Lipinski definition) is 2. The Balaban J connectivity index is 0.00000169. The Morgan fingerprint density at radius 1 is 0.917 bits per heavy atom. The van der Waals surface area contributed by atoms with E-state index < -0.39 is 9.84 Å². The fraction of sp³-hybridized carbons (Fsp3) is 0.222. The van der Waals surface area contributed by atoms with E-state index in [9.17, 15) is 8.42 Å². The molecule has 0 unspecified atom stereocenters. The lowest BCUT2D eigenvalue weighted by atomic mass is 10.0. The van der Waals surface area contributed by atoms with Crippen molar-refractivity contribution in [2.75, 3.05) is 13.1 Å². The first kappa shape index (κ1) is 17.0. The van der Waals surface area contributed by atoms with Crippen LogP contribution < -0.4 is 5.32 Å². The number of nitrogens with one attached hydrogen (secondary N) is 2. The van der Waals surface area contributed by atoms with E-state index in [1.54, 1.807) is 12.3 Å². The molecule has 2 N–H and O–H groups in total. The molecule has 0 amide bonds. The standard InChI is InChI=1S/C18H18N2O2S.ClH/c21-23(22,18-12-20-17-4-2-1-3-16(17)18)15-6-5-13-7-9-19-10-8-14(13)11-15;/h1-6,11-12,19-20H,7-10H2;1H. The van der Waals surface area contributed by atoms with Gasteiger partial charge in [0.2, 0.25) is 9.84 Å². The Labute approximate surface area is 147 Å². The van der Waals surface area contributed by atoms with Gasteiger partial charge in [-0.3, -0.25) is 0 Å². The quantitative estimate of drug-likeness (QED) is 0.736. The first-order chi connectivity index (χ1) is 11.2. The highest BCUT2D eigenvalue weighted by molar-refractivity contribution is 7.91. The summed E-state index contributed by atoms with van der Waals surface area (Å²) in [6.07, 6.45) is 3.41. The molecule has 1 aromatic heterocycles. The second-order valence-corrected chi connectivity index (χ2v) is 7.80. The molecule has 0 saturated heterocycles. The molecule has 0 radical (unpaired) electrons. The lowest BCUT2D eigenvalue weighted by Gasteiger charge is -2.09. The SMILES string of the molecule is Cl.O=S(=O)(c1ccc2c(c1)CCNCC2)c1c[nH]c2ccccc12. The minimum atomic E-state index is -3.52. The summed E-state index contributed by atoms with van der Waals surface area (Å²) < 4.78 is 26.1. The van der Waals surface area contributed by atoms with Gasteiger partial charge in [0, 0.05) is 17.1 Å². The third-order valence-corrected chi connectivity index (χ3v) is 6.26. The Morgan fingerprint density at radius 2 is 1.67 bits per heavy atom. The highest BCUT2D eigenvalue weighted by Gasteiger charge is 2.22. The van der Waals surface area contributed by atoms with Crippen molar-refractivity contribution in [3.05, 3.63) is 59.8 Å². The second-order valence-electron chi connectivity index (χ2n) is 5.88. The van der Waals surface area contributed by atoms with E-state index in [-0.39, 0.29) is 12.4 Å². The van der Waals surface area contributed by atoms with E-state index >= 15 is 0 Å². The van der Waals surface area contributed by atoms with Gasteiger partial charge in [0.25, 0.3) is 0 Å². The van der Waals surface area contributed by atoms with Gasteiger partial charge >= 0.3 is 0 Å². The van der Waals surface area contributed by atoms with Gasteiger partial charge in [-0.2, -0.15) is 0 Å². The van der Waals surface area contributed by atoms with Gasteiger partial charge in [0.05, 0.1) is 9.79 Å². The fourth-order valence-corrected chi connectivity index (χ4v) is 4.69. The maximum atomic E-state index is 13.0. The third-order valence-electron chi connectivity index (χ3n) is 4.47. The van der Waals surface area contributed by atoms with Crippen LogP contribution >= 0.6 is 12.4 Å². The number of aromatic amines is 1. The molecule has 3 aromatic rings. The number of aromatic nitrogens is 1. The number of H-pyrrole nitrogens is 1. The summed E-state index contributed by atoms with van der Waals surface area (Å²) in [4.78, 5) is 3.77. The van der Waals surface area contributed by atoms with Gasteiger partial charge in [-0.1, -0.05) is 24.3 Å². The van der Waals surface area contributed by atoms with Crippen LogP contribution in [-0.2, 0) is 22.7 Å². The molecule has 0 saturated carbocycles. The molecular formula is C18H19ClN2O2S. The second kappa shape index (κ2) is 6.59. The maximum Gasteiger partial charge on any atom is 0.208 e. The van der Waals surface area contributed by atoms with Crippen LogP contribution in [0.4, 0.5) is 0 Å². The number of rotatable bonds is 2. The van der Waals surface area contributed by atoms with Gasteiger partial charge in [-0.15, -0.1) is 12.4 Å². The molecule has 0 fully saturated rings. The first-order valence-corrected chi connectivity index (χ1v) is 9.28. The van der Waals surface area contributed by atoms with E-state index in [4.69, 9.17) is 0 Å². The van der Waals surface area contributed by atoms with Crippen LogP contribution in [0.3, 0.4) is 0 Å². The Kier molecular flexibility index (Phi) is 4.67. The Hall–Kier alpha value is -1.82. The van der Waals surface area contributed by atoms with Gasteiger partial charge in [-0.05, 0) is 55.3 Å². The highest BCUT2D eigenvalue weighted by Crippen LogP contribution is 2.29. The van der Waals surface area contributed by atoms with Gasteiger partial charge in [-0.25, -0.2) is 8.42 Å². The van der Waals surface area contributed by atoms with Crippen LogP contribution in [0.25, 0.3) is 10.9 Å². The predicted octanol–water partition coefficient (Wildman–Crippen LogP) is 3.11. The van der Waals surface area contributed by atoms with Crippen LogP contribution in [0.15, 0.2) is 58.5 Å². The van der Waals surface area contributed by atoms with E-state index in [1.165, 1.54) is 5.56 Å². The molecule has 2 aromatic carbocycles. The van der Waals surface area contributed by atoms with Crippen LogP contribution in [0.1, 0.15) is 11.1 Å². The van der Waals surface area contributed by atoms with Crippen molar-refractivity contribution in [2.45, 2.75) is 22.6 Å². The molecule has 24 heavy (non-hydrogen) atoms. The molecular weight excluding hydrogens is 344 g/mol. The van der Waals surface area contributed by atoms with Crippen LogP contribution in [0.5, 0.6) is 0 Å². The molecule has 0 bridgehead atoms. The van der Waals surface area contributed by atoms with Crippen LogP contribution in [-0.4, -0.2) is 26.5 Å². The summed E-state index contributed by atoms with van der Waals surface area (Å²) in [6.45, 7) is 1.84. The van der Waals surface area contributed by atoms with E-state index in [1.807, 2.05) is 36.4 Å². The maximum absolute atomic E-state index is 13.0. The lowest BCUT2D eigenvalue weighted by molar-refractivity contribution is 0.596. The molecule has 1 aliphatic heterocycles. The molecule has 6 heteroatoms. The smallest absolute Gasteiger partial charge is 0.208 e. The molecule has 0 atom stereocenters. The average molecular weight is 363 g/mol. The highest BCUT2D eigenvalue weighted by atomic mass is 35.5. The summed E-state index contributed by atoms with van der Waals surface area (Å²) in [5.41, 5.74) is 3.22. The number of sulfone groups is 1. The van der Waals surface area contributed by atoms with Crippen molar-refractivity contribution in [2.24, 2.45) is 0 Å². The van der Waals surface area contributed by atoms with Gasteiger partial charge in [0.15, 0.2) is 0 Å². The Morgan fingerprint density at radius 3 is 2.50 bits per heavy atom. The van der Waals surface area contributed by atoms with Crippen molar-refractivity contribution in [3.63, 3.8) is 0 Å². The number of fused-ring (bicyclic) bond motifs is 2. The summed E-state index contributed by atoms with van der Waals surface area (Å²) in [7, 11) is -3.52. The van der Waals surface area contributed by atoms with E-state index in [0.717, 1.165) is 42.4 Å². The molecule has 0 aliphatic carbocycles. The lowest BCUT2D eigenvalue weighted by Crippen LogP contribution is -2.16. The normalized spacial score (nSPS) is 14.7. The zero-order valence-corrected chi connectivity index (χ0v) is 14.7. The third kappa shape index (κ3) is 2.83. The molecule has 0 spiro atoms. The largest absolute Gasteiger partial charge is 0.360 e. The van der Waals surface area contributed by atoms with E-state index in [2.05, 4.69) is 10.3 Å². The molecule has 4 nitrogen and oxygen atoms in total. The van der Waals surface area contributed by atoms with Crippen LogP contribution in [0.2, 0.25) is 0 Å². The molecule has 2 heterocycles. The summed E-state index contributed by atoms with van der Waals surface area (Å²) >= 11 is 0. The number of halogens is 1. The zero-order chi connectivity index (χ0) is 15.9. The van der Waals surface area contributed by atoms with Crippen molar-refractivity contribution in [3.8, 4) is 0 Å². The number of benzene rings is 2. The number of para-hydroxylation sites is 1. The zero-order valence-electron chi connectivity index (χ0n) is 13.1. The van der Waals surface area contributed by atoms with Crippen molar-refractivity contribution in [1.82, 2.24) is 10.3 Å². The fourth-order valence-electron chi connectivity index (χ4n) is 3.21. The van der Waals surface area contributed by atoms with E-state index in [0.29, 0.717) is 9.79 Å². The van der Waals surface area contributed by atoms with Gasteiger partial charge < -0.3 is 10.3 Å². The minimum absolute atomic E-state index is 0. The first-order valence-electron chi connectivity index (χ1n) is 7.80. The number of hydrogen-bond acceptors (Lipinski definition) is 3. The monoisotopic (exact) mass is 362 g/mol. The van der Waals surface area contributed by atoms with Crippen molar-refractivity contribution < 1.29 is 8.42 Å². The van der Waals surface area contributed by atoms with Crippen molar-refractivity contribution >= 4 is 33.1 Å². The summed E-state index contributed by atoms with van der Waals surface area (Å²) in [5, 5.41) is 4.09. The summed E-state index contributed by atoms with van der Waals surface area (Å²) in [5.74, 6) is 0. The predicted molar refractivity (Wildman–Crippen MR) is 97.7 cm³/mol. The van der Waals surface area contributed by atoms with Crippen molar-refractivity contribution in [1.29, 1.82) is 0 Å². The molecule has 1 aliphatic rings. The van der Waals surface area contributed by atoms with Crippen LogP contribution in [0, 0.1) is 0 Å².